The van der Waals surface area contributed by atoms with E-state index in [1.807, 2.05) is 6.92 Å². The highest BCUT2D eigenvalue weighted by Crippen LogP contribution is 2.20. The molecule has 17 heavy (non-hydrogen) atoms. The van der Waals surface area contributed by atoms with Gasteiger partial charge in [-0.1, -0.05) is 12.2 Å². The van der Waals surface area contributed by atoms with Crippen LogP contribution in [0.1, 0.15) is 38.2 Å². The maximum Gasteiger partial charge on any atom is 0.200 e. The van der Waals surface area contributed by atoms with E-state index in [1.165, 1.54) is 0 Å². The maximum absolute atomic E-state index is 5.56. The van der Waals surface area contributed by atoms with Gasteiger partial charge in [-0.3, -0.25) is 0 Å². The molecule has 1 aromatic heterocycles. The van der Waals surface area contributed by atoms with Crippen LogP contribution in [0.15, 0.2) is 12.2 Å². The molecule has 1 aliphatic rings. The SMILES string of the molecule is C=C(C)COCc1nnn(C2CCCCO2)n1. The number of hydrogen-bond acceptors (Lipinski definition) is 5. The molecule has 0 aromatic carbocycles. The zero-order valence-electron chi connectivity index (χ0n) is 10.1. The quantitative estimate of drug-likeness (QED) is 0.727. The number of ether oxygens (including phenoxy) is 2. The summed E-state index contributed by atoms with van der Waals surface area (Å²) in [5.74, 6) is 0.584. The fourth-order valence-corrected chi connectivity index (χ4v) is 1.66. The van der Waals surface area contributed by atoms with E-state index in [9.17, 15) is 0 Å². The summed E-state index contributed by atoms with van der Waals surface area (Å²) in [5.41, 5.74) is 0.980. The first-order valence-electron chi connectivity index (χ1n) is 5.88. The van der Waals surface area contributed by atoms with Crippen LogP contribution in [0.25, 0.3) is 0 Å². The van der Waals surface area contributed by atoms with Crippen LogP contribution in [0.4, 0.5) is 0 Å². The maximum atomic E-state index is 5.56. The van der Waals surface area contributed by atoms with Crippen molar-refractivity contribution in [2.75, 3.05) is 13.2 Å². The molecule has 1 atom stereocenters. The second-order valence-corrected chi connectivity index (χ2v) is 4.30. The highest BCUT2D eigenvalue weighted by molar-refractivity contribution is 4.87. The van der Waals surface area contributed by atoms with Crippen LogP contribution in [0.5, 0.6) is 0 Å². The molecule has 1 aliphatic heterocycles. The molecule has 0 spiro atoms. The van der Waals surface area contributed by atoms with E-state index in [1.54, 1.807) is 4.80 Å². The zero-order valence-corrected chi connectivity index (χ0v) is 10.1. The summed E-state index contributed by atoms with van der Waals surface area (Å²) in [4.78, 5) is 1.54. The summed E-state index contributed by atoms with van der Waals surface area (Å²) in [5, 5.41) is 12.2. The van der Waals surface area contributed by atoms with E-state index >= 15 is 0 Å². The summed E-state index contributed by atoms with van der Waals surface area (Å²) in [6.45, 7) is 7.33. The number of tetrazole rings is 1. The summed E-state index contributed by atoms with van der Waals surface area (Å²) in [6, 6.07) is 0. The van der Waals surface area contributed by atoms with E-state index < -0.39 is 0 Å². The third-order valence-electron chi connectivity index (χ3n) is 2.46. The van der Waals surface area contributed by atoms with Crippen LogP contribution in [-0.4, -0.2) is 33.4 Å². The van der Waals surface area contributed by atoms with Crippen molar-refractivity contribution in [1.29, 1.82) is 0 Å². The molecule has 0 radical (unpaired) electrons. The van der Waals surface area contributed by atoms with Crippen LogP contribution >= 0.6 is 0 Å². The van der Waals surface area contributed by atoms with Gasteiger partial charge >= 0.3 is 0 Å². The highest BCUT2D eigenvalue weighted by Gasteiger charge is 2.18. The molecular weight excluding hydrogens is 220 g/mol. The Labute approximate surface area is 101 Å². The van der Waals surface area contributed by atoms with Crippen molar-refractivity contribution >= 4 is 0 Å². The van der Waals surface area contributed by atoms with Crippen LogP contribution in [0.2, 0.25) is 0 Å². The van der Waals surface area contributed by atoms with Gasteiger partial charge in [0, 0.05) is 6.61 Å². The largest absolute Gasteiger partial charge is 0.369 e. The molecule has 2 rings (SSSR count). The van der Waals surface area contributed by atoms with Gasteiger partial charge in [-0.05, 0) is 31.4 Å². The van der Waals surface area contributed by atoms with Crippen molar-refractivity contribution in [3.8, 4) is 0 Å². The lowest BCUT2D eigenvalue weighted by Gasteiger charge is -2.20. The first kappa shape index (κ1) is 12.2. The van der Waals surface area contributed by atoms with Gasteiger partial charge in [0.25, 0.3) is 0 Å². The molecule has 0 aliphatic carbocycles. The number of nitrogens with zero attached hydrogens (tertiary/aromatic N) is 4. The number of rotatable bonds is 5. The molecule has 6 nitrogen and oxygen atoms in total. The van der Waals surface area contributed by atoms with Gasteiger partial charge in [0.1, 0.15) is 6.61 Å². The normalized spacial score (nSPS) is 20.4. The Balaban J connectivity index is 1.84. The van der Waals surface area contributed by atoms with E-state index in [2.05, 4.69) is 22.0 Å². The summed E-state index contributed by atoms with van der Waals surface area (Å²) in [6.07, 6.45) is 3.14. The molecule has 1 fully saturated rings. The summed E-state index contributed by atoms with van der Waals surface area (Å²) < 4.78 is 10.9. The van der Waals surface area contributed by atoms with Crippen LogP contribution in [-0.2, 0) is 16.1 Å². The van der Waals surface area contributed by atoms with E-state index in [0.717, 1.165) is 31.4 Å². The highest BCUT2D eigenvalue weighted by atomic mass is 16.5. The molecular formula is C11H18N4O2. The van der Waals surface area contributed by atoms with E-state index in [0.29, 0.717) is 19.0 Å². The third-order valence-corrected chi connectivity index (χ3v) is 2.46. The molecule has 0 N–H and O–H groups in total. The van der Waals surface area contributed by atoms with E-state index in [4.69, 9.17) is 9.47 Å². The molecule has 0 bridgehead atoms. The lowest BCUT2D eigenvalue weighted by Crippen LogP contribution is -2.20. The monoisotopic (exact) mass is 238 g/mol. The lowest BCUT2D eigenvalue weighted by molar-refractivity contribution is -0.0492. The summed E-state index contributed by atoms with van der Waals surface area (Å²) in [7, 11) is 0. The van der Waals surface area contributed by atoms with Gasteiger partial charge in [0.05, 0.1) is 6.61 Å². The average Bonchev–Trinajstić information content (AvgIpc) is 2.78. The minimum absolute atomic E-state index is 0.0638. The molecule has 1 aromatic rings. The van der Waals surface area contributed by atoms with Crippen LogP contribution in [0.3, 0.4) is 0 Å². The Kier molecular flexibility index (Phi) is 4.22. The van der Waals surface area contributed by atoms with Crippen molar-refractivity contribution in [2.45, 2.75) is 39.0 Å². The Bertz CT molecular complexity index is 371. The van der Waals surface area contributed by atoms with Crippen molar-refractivity contribution in [2.24, 2.45) is 0 Å². The second kappa shape index (κ2) is 5.88. The Morgan fingerprint density at radius 3 is 3.18 bits per heavy atom. The molecule has 6 heteroatoms. The second-order valence-electron chi connectivity index (χ2n) is 4.30. The van der Waals surface area contributed by atoms with Gasteiger partial charge < -0.3 is 9.47 Å². The van der Waals surface area contributed by atoms with E-state index in [-0.39, 0.29) is 6.23 Å². The number of aromatic nitrogens is 4. The van der Waals surface area contributed by atoms with Crippen LogP contribution in [0, 0.1) is 0 Å². The molecule has 2 heterocycles. The minimum atomic E-state index is -0.0638. The van der Waals surface area contributed by atoms with Crippen LogP contribution < -0.4 is 0 Å². The lowest BCUT2D eigenvalue weighted by atomic mass is 10.2. The van der Waals surface area contributed by atoms with Gasteiger partial charge in [-0.15, -0.1) is 15.0 Å². The van der Waals surface area contributed by atoms with Gasteiger partial charge in [-0.25, -0.2) is 0 Å². The molecule has 94 valence electrons. The van der Waals surface area contributed by atoms with Crippen molar-refractivity contribution in [1.82, 2.24) is 20.2 Å². The smallest absolute Gasteiger partial charge is 0.200 e. The molecule has 1 saturated heterocycles. The Morgan fingerprint density at radius 2 is 2.47 bits per heavy atom. The van der Waals surface area contributed by atoms with Gasteiger partial charge in [0.2, 0.25) is 0 Å². The number of hydrogen-bond donors (Lipinski definition) is 0. The van der Waals surface area contributed by atoms with Crippen molar-refractivity contribution in [3.05, 3.63) is 18.0 Å². The van der Waals surface area contributed by atoms with Crippen molar-refractivity contribution in [3.63, 3.8) is 0 Å². The average molecular weight is 238 g/mol. The van der Waals surface area contributed by atoms with Gasteiger partial charge in [-0.2, -0.15) is 0 Å². The molecule has 1 unspecified atom stereocenters. The molecule has 0 saturated carbocycles. The van der Waals surface area contributed by atoms with Gasteiger partial charge in [0.15, 0.2) is 12.1 Å². The Morgan fingerprint density at radius 1 is 1.59 bits per heavy atom. The predicted molar refractivity (Wildman–Crippen MR) is 61.1 cm³/mol. The topological polar surface area (TPSA) is 62.1 Å². The first-order valence-corrected chi connectivity index (χ1v) is 5.88. The van der Waals surface area contributed by atoms with Crippen molar-refractivity contribution < 1.29 is 9.47 Å². The zero-order chi connectivity index (χ0) is 12.1. The minimum Gasteiger partial charge on any atom is -0.369 e. The summed E-state index contributed by atoms with van der Waals surface area (Å²) >= 11 is 0. The fraction of sp³-hybridized carbons (Fsp3) is 0.727. The third kappa shape index (κ3) is 3.61. The first-order chi connectivity index (χ1) is 8.25. The standard InChI is InChI=1S/C11H18N4O2/c1-9(2)7-16-8-10-12-14-15(13-10)11-5-3-4-6-17-11/h11H,1,3-8H2,2H3. The Hall–Kier alpha value is -1.27. The fourth-order valence-electron chi connectivity index (χ4n) is 1.66. The molecule has 0 amide bonds. The predicted octanol–water partition coefficient (Wildman–Crippen LogP) is 1.46.